The molecule has 0 radical (unpaired) electrons. The van der Waals surface area contributed by atoms with Gasteiger partial charge in [-0.2, -0.15) is 0 Å². The van der Waals surface area contributed by atoms with Crippen LogP contribution in [0, 0.1) is 5.92 Å². The van der Waals surface area contributed by atoms with E-state index in [0.717, 1.165) is 44.4 Å². The minimum Gasteiger partial charge on any atom is -0.462 e. The Kier molecular flexibility index (Phi) is 36.0. The van der Waals surface area contributed by atoms with E-state index in [2.05, 4.69) is 49.6 Å². The molecular weight excluding hydrogens is 703 g/mol. The lowest BCUT2D eigenvalue weighted by Crippen LogP contribution is -2.29. The first-order valence-corrected chi connectivity index (χ1v) is 22.8. The van der Waals surface area contributed by atoms with Gasteiger partial charge in [0.25, 0.3) is 0 Å². The van der Waals surface area contributed by atoms with Crippen molar-refractivity contribution < 1.29 is 42.7 Å². The second-order valence-electron chi connectivity index (χ2n) is 14.8. The van der Waals surface area contributed by atoms with Crippen LogP contribution in [0.15, 0.2) is 48.6 Å². The molecule has 2 N–H and O–H groups in total. The smallest absolute Gasteiger partial charge is 0.462 e. The number of esters is 2. The number of rotatable bonds is 38. The van der Waals surface area contributed by atoms with Crippen molar-refractivity contribution in [1.29, 1.82) is 0 Å². The second-order valence-corrected chi connectivity index (χ2v) is 16.1. The molecule has 0 aromatic rings. The summed E-state index contributed by atoms with van der Waals surface area (Å²) in [5.41, 5.74) is 0. The number of hydrogen-bond acceptors (Lipinski definition) is 7. The molecule has 0 saturated heterocycles. The topological polar surface area (TPSA) is 136 Å². The van der Waals surface area contributed by atoms with E-state index in [0.29, 0.717) is 6.42 Å². The summed E-state index contributed by atoms with van der Waals surface area (Å²) in [4.78, 5) is 55.0. The van der Waals surface area contributed by atoms with Crippen LogP contribution < -0.4 is 0 Å². The highest BCUT2D eigenvalue weighted by molar-refractivity contribution is 7.46. The van der Waals surface area contributed by atoms with E-state index in [1.54, 1.807) is 6.08 Å². The molecule has 0 rings (SSSR count). The van der Waals surface area contributed by atoms with Gasteiger partial charge < -0.3 is 19.3 Å². The molecule has 0 aliphatic rings. The summed E-state index contributed by atoms with van der Waals surface area (Å²) in [6.07, 6.45) is 41.3. The van der Waals surface area contributed by atoms with E-state index in [1.165, 1.54) is 102 Å². The molecular formula is C44H77O9P. The van der Waals surface area contributed by atoms with Gasteiger partial charge in [0.05, 0.1) is 6.61 Å². The zero-order chi connectivity index (χ0) is 40.0. The predicted octanol–water partition coefficient (Wildman–Crippen LogP) is 12.2. The molecule has 0 fully saturated rings. The Balaban J connectivity index is 4.09. The quantitative estimate of drug-likeness (QED) is 0.0157. The summed E-state index contributed by atoms with van der Waals surface area (Å²) >= 11 is 0. The number of allylic oxidation sites excluding steroid dienone is 8. The molecule has 0 aromatic carbocycles. The molecule has 1 atom stereocenters. The summed E-state index contributed by atoms with van der Waals surface area (Å²) < 4.78 is 26.2. The summed E-state index contributed by atoms with van der Waals surface area (Å²) in [7, 11) is -4.82. The van der Waals surface area contributed by atoms with Gasteiger partial charge in [0.2, 0.25) is 0 Å². The predicted molar refractivity (Wildman–Crippen MR) is 221 cm³/mol. The van der Waals surface area contributed by atoms with Gasteiger partial charge in [0, 0.05) is 19.3 Å². The van der Waals surface area contributed by atoms with Crippen LogP contribution in [0.4, 0.5) is 0 Å². The third-order valence-electron chi connectivity index (χ3n) is 9.00. The van der Waals surface area contributed by atoms with Crippen LogP contribution in [0.2, 0.25) is 0 Å². The first-order valence-electron chi connectivity index (χ1n) is 21.2. The zero-order valence-electron chi connectivity index (χ0n) is 34.3. The Morgan fingerprint density at radius 2 is 1.13 bits per heavy atom. The van der Waals surface area contributed by atoms with E-state index in [4.69, 9.17) is 19.3 Å². The molecule has 0 amide bonds. The average molecular weight is 781 g/mol. The highest BCUT2D eigenvalue weighted by Gasteiger charge is 2.23. The molecule has 0 spiro atoms. The lowest BCUT2D eigenvalue weighted by atomic mass is 10.0. The van der Waals surface area contributed by atoms with Crippen LogP contribution in [-0.2, 0) is 32.9 Å². The van der Waals surface area contributed by atoms with Crippen molar-refractivity contribution in [3.8, 4) is 0 Å². The van der Waals surface area contributed by atoms with Gasteiger partial charge in [0.1, 0.15) is 6.61 Å². The molecule has 9 nitrogen and oxygen atoms in total. The Hall–Kier alpha value is -2.32. The molecule has 0 bridgehead atoms. The molecule has 0 aromatic heterocycles. The molecule has 312 valence electrons. The van der Waals surface area contributed by atoms with Crippen LogP contribution in [0.25, 0.3) is 0 Å². The number of carbonyl (C=O) groups excluding carboxylic acids is 3. The van der Waals surface area contributed by atoms with Crippen molar-refractivity contribution in [2.75, 3.05) is 13.2 Å². The van der Waals surface area contributed by atoms with Crippen molar-refractivity contribution in [2.45, 2.75) is 194 Å². The third-order valence-corrected chi connectivity index (χ3v) is 9.49. The lowest BCUT2D eigenvalue weighted by Gasteiger charge is -2.18. The maximum absolute atomic E-state index is 12.4. The number of unbranched alkanes of at least 4 members (excludes halogenated alkanes) is 17. The van der Waals surface area contributed by atoms with Crippen LogP contribution in [0.5, 0.6) is 0 Å². The monoisotopic (exact) mass is 781 g/mol. The van der Waals surface area contributed by atoms with E-state index in [1.807, 2.05) is 12.2 Å². The standard InChI is InChI=1S/C44H77O9P/c1-4-5-6-7-8-9-10-14-18-21-24-27-30-34-41(45)35-32-37-44(47)53-42(39-52-54(48,49)50)38-51-43(46)36-31-28-25-22-19-16-13-11-12-15-17-20-23-26-29-33-40(2)3/h8-9,14,18,24,27,30,34,40,42H,4-7,10-13,15-17,19-23,25-26,28-29,31-33,35-39H2,1-3H3,(H2,48,49,50)/b9-8-,18-14-,27-24-,34-30+/t42-/m1/s1. The number of phosphoric ester groups is 1. The van der Waals surface area contributed by atoms with E-state index in [-0.39, 0.29) is 38.1 Å². The van der Waals surface area contributed by atoms with Gasteiger partial charge in [-0.25, -0.2) is 4.57 Å². The molecule has 0 heterocycles. The first-order chi connectivity index (χ1) is 26.0. The Bertz CT molecular complexity index is 1090. The maximum Gasteiger partial charge on any atom is 0.469 e. The van der Waals surface area contributed by atoms with Crippen LogP contribution >= 0.6 is 7.82 Å². The maximum atomic E-state index is 12.4. The fraction of sp³-hybridized carbons (Fsp3) is 0.750. The Morgan fingerprint density at radius 1 is 0.593 bits per heavy atom. The van der Waals surface area contributed by atoms with Gasteiger partial charge >= 0.3 is 19.8 Å². The number of carbonyl (C=O) groups is 3. The van der Waals surface area contributed by atoms with Gasteiger partial charge in [-0.05, 0) is 50.5 Å². The van der Waals surface area contributed by atoms with Crippen LogP contribution in [-0.4, -0.2) is 46.8 Å². The number of phosphoric acid groups is 1. The fourth-order valence-corrected chi connectivity index (χ4v) is 6.17. The highest BCUT2D eigenvalue weighted by atomic mass is 31.2. The summed E-state index contributed by atoms with van der Waals surface area (Å²) in [5, 5.41) is 0. The number of hydrogen-bond donors (Lipinski definition) is 2. The van der Waals surface area contributed by atoms with Crippen LogP contribution in [0.1, 0.15) is 188 Å². The van der Waals surface area contributed by atoms with Gasteiger partial charge in [-0.15, -0.1) is 0 Å². The minimum absolute atomic E-state index is 0.0770. The zero-order valence-corrected chi connectivity index (χ0v) is 35.2. The SMILES string of the molecule is CCCCC/C=C\C/C=C\C/C=C\C=C\C(=O)CCCC(=O)O[C@H](COC(=O)CCCCCCCCCCCCCCCCCC(C)C)COP(=O)(O)O. The minimum atomic E-state index is -4.82. The largest absolute Gasteiger partial charge is 0.469 e. The highest BCUT2D eigenvalue weighted by Crippen LogP contribution is 2.36. The first kappa shape index (κ1) is 51.7. The Labute approximate surface area is 329 Å². The van der Waals surface area contributed by atoms with Gasteiger partial charge in [0.15, 0.2) is 11.9 Å². The summed E-state index contributed by atoms with van der Waals surface area (Å²) in [6.45, 7) is 5.80. The molecule has 10 heteroatoms. The fourth-order valence-electron chi connectivity index (χ4n) is 5.81. The van der Waals surface area contributed by atoms with Crippen molar-refractivity contribution in [3.05, 3.63) is 48.6 Å². The summed E-state index contributed by atoms with van der Waals surface area (Å²) in [6, 6.07) is 0. The molecule has 0 saturated carbocycles. The molecule has 0 unspecified atom stereocenters. The third kappa shape index (κ3) is 40.9. The van der Waals surface area contributed by atoms with E-state index in [9.17, 15) is 18.9 Å². The average Bonchev–Trinajstić information content (AvgIpc) is 3.12. The summed E-state index contributed by atoms with van der Waals surface area (Å²) in [5.74, 6) is -0.442. The van der Waals surface area contributed by atoms with Crippen molar-refractivity contribution in [2.24, 2.45) is 5.92 Å². The van der Waals surface area contributed by atoms with E-state index < -0.39 is 32.5 Å². The molecule has 54 heavy (non-hydrogen) atoms. The molecule has 0 aliphatic carbocycles. The lowest BCUT2D eigenvalue weighted by molar-refractivity contribution is -0.161. The van der Waals surface area contributed by atoms with Crippen molar-refractivity contribution in [3.63, 3.8) is 0 Å². The van der Waals surface area contributed by atoms with Gasteiger partial charge in [-0.3, -0.25) is 18.9 Å². The normalized spacial score (nSPS) is 12.9. The Morgan fingerprint density at radius 3 is 1.70 bits per heavy atom. The molecule has 0 aliphatic heterocycles. The van der Waals surface area contributed by atoms with Gasteiger partial charge in [-0.1, -0.05) is 172 Å². The number of ketones is 1. The van der Waals surface area contributed by atoms with Crippen LogP contribution in [0.3, 0.4) is 0 Å². The van der Waals surface area contributed by atoms with Crippen molar-refractivity contribution in [1.82, 2.24) is 0 Å². The second kappa shape index (κ2) is 37.6. The van der Waals surface area contributed by atoms with Crippen molar-refractivity contribution >= 4 is 25.5 Å². The van der Waals surface area contributed by atoms with E-state index >= 15 is 0 Å². The number of ether oxygens (including phenoxy) is 2.